The van der Waals surface area contributed by atoms with Crippen molar-refractivity contribution < 1.29 is 9.66 Å². The third kappa shape index (κ3) is 5.66. The van der Waals surface area contributed by atoms with Gasteiger partial charge in [-0.15, -0.1) is 0 Å². The number of imidazole rings is 1. The van der Waals surface area contributed by atoms with Gasteiger partial charge in [-0.25, -0.2) is 4.98 Å². The van der Waals surface area contributed by atoms with E-state index in [1.807, 2.05) is 66.9 Å². The molecule has 1 aromatic heterocycles. The van der Waals surface area contributed by atoms with E-state index in [-0.39, 0.29) is 35.2 Å². The topological polar surface area (TPSA) is 117 Å². The minimum absolute atomic E-state index is 0.167. The molecular weight excluding hydrogens is 576 g/mol. The molecule has 0 aliphatic carbocycles. The number of hydrogen-bond acceptors (Lipinski definition) is 7. The number of nitrogens with zero attached hydrogens (tertiary/aromatic N) is 3. The van der Waals surface area contributed by atoms with E-state index in [9.17, 15) is 10.1 Å². The third-order valence-electron chi connectivity index (χ3n) is 8.59. The van der Waals surface area contributed by atoms with E-state index in [2.05, 4.69) is 20.6 Å². The predicted octanol–water partition coefficient (Wildman–Crippen LogP) is 7.25. The average Bonchev–Trinajstić information content (AvgIpc) is 3.87. The summed E-state index contributed by atoms with van der Waals surface area (Å²) < 4.78 is 6.31. The number of rotatable bonds is 9. The summed E-state index contributed by atoms with van der Waals surface area (Å²) in [5, 5.41) is 20.0. The molecule has 3 aliphatic heterocycles. The van der Waals surface area contributed by atoms with Crippen LogP contribution in [0.25, 0.3) is 28.1 Å². The van der Waals surface area contributed by atoms with E-state index in [0.717, 1.165) is 67.1 Å². The molecule has 0 amide bonds. The number of ether oxygens (including phenoxy) is 1. The Labute approximate surface area is 260 Å². The summed E-state index contributed by atoms with van der Waals surface area (Å²) in [5.41, 5.74) is 5.70. The smallest absolute Gasteiger partial charge is 0.320 e. The number of nitro benzene ring substituents is 1. The maximum atomic E-state index is 12.8. The summed E-state index contributed by atoms with van der Waals surface area (Å²) in [6.07, 6.45) is 8.85. The molecule has 2 fully saturated rings. The second kappa shape index (κ2) is 12.4. The fraction of sp³-hybridized carbons (Fsp3) is 0.294. The number of aliphatic imine (C=N–C) groups is 1. The van der Waals surface area contributed by atoms with E-state index in [4.69, 9.17) is 21.3 Å². The molecule has 4 heterocycles. The van der Waals surface area contributed by atoms with Crippen LogP contribution in [-0.4, -0.2) is 39.7 Å². The highest BCUT2D eigenvalue weighted by molar-refractivity contribution is 6.34. The monoisotopic (exact) mass is 608 g/mol. The molecule has 3 aliphatic rings. The molecule has 4 aromatic rings. The van der Waals surface area contributed by atoms with Crippen molar-refractivity contribution in [3.8, 4) is 28.1 Å². The van der Waals surface area contributed by atoms with Crippen LogP contribution >= 0.6 is 11.6 Å². The summed E-state index contributed by atoms with van der Waals surface area (Å²) in [6, 6.07) is 19.4. The number of nitrogens with one attached hydrogen (secondary N) is 3. The van der Waals surface area contributed by atoms with Gasteiger partial charge >= 0.3 is 5.69 Å². The Bertz CT molecular complexity index is 1740. The largest absolute Gasteiger partial charge is 0.481 e. The van der Waals surface area contributed by atoms with Crippen LogP contribution in [0.1, 0.15) is 55.1 Å². The molecule has 0 saturated carbocycles. The SMILES string of the molecule is O=[N+]([O-])c1c(OCc2ccccc2)c(C2=CCC([C@@H]3CCCN3)=N2)cc(Cl)c1-c1ccc(-c2cnc([C@@H]3CCCN3)[nH]2)cc1. The maximum Gasteiger partial charge on any atom is 0.320 e. The zero-order valence-corrected chi connectivity index (χ0v) is 24.9. The molecule has 10 heteroatoms. The van der Waals surface area contributed by atoms with Crippen LogP contribution in [-0.2, 0) is 6.61 Å². The molecule has 3 aromatic carbocycles. The first-order chi connectivity index (χ1) is 21.5. The van der Waals surface area contributed by atoms with Gasteiger partial charge in [0, 0.05) is 18.2 Å². The number of allylic oxidation sites excluding steroid dienone is 1. The first kappa shape index (κ1) is 28.5. The summed E-state index contributed by atoms with van der Waals surface area (Å²) in [6.45, 7) is 2.13. The van der Waals surface area contributed by atoms with Crippen molar-refractivity contribution >= 4 is 28.7 Å². The first-order valence-electron chi connectivity index (χ1n) is 15.1. The Balaban J connectivity index is 1.27. The van der Waals surface area contributed by atoms with Crippen LogP contribution in [0.4, 0.5) is 5.69 Å². The fourth-order valence-electron chi connectivity index (χ4n) is 6.33. The van der Waals surface area contributed by atoms with E-state index >= 15 is 0 Å². The molecule has 3 N–H and O–H groups in total. The Morgan fingerprint density at radius 3 is 2.41 bits per heavy atom. The molecule has 0 unspecified atom stereocenters. The van der Waals surface area contributed by atoms with Crippen molar-refractivity contribution in [3.05, 3.63) is 105 Å². The summed E-state index contributed by atoms with van der Waals surface area (Å²) in [4.78, 5) is 25.3. The second-order valence-electron chi connectivity index (χ2n) is 11.4. The molecule has 0 bridgehead atoms. The number of benzene rings is 3. The number of nitro groups is 1. The summed E-state index contributed by atoms with van der Waals surface area (Å²) in [7, 11) is 0. The van der Waals surface area contributed by atoms with Gasteiger partial charge in [0.25, 0.3) is 0 Å². The Hall–Kier alpha value is -4.31. The van der Waals surface area contributed by atoms with Gasteiger partial charge in [0.2, 0.25) is 5.75 Å². The number of aromatic nitrogens is 2. The van der Waals surface area contributed by atoms with Crippen molar-refractivity contribution in [2.75, 3.05) is 13.1 Å². The Morgan fingerprint density at radius 1 is 0.977 bits per heavy atom. The highest BCUT2D eigenvalue weighted by Crippen LogP contribution is 2.48. The van der Waals surface area contributed by atoms with E-state index in [1.54, 1.807) is 6.07 Å². The number of hydrogen-bond donors (Lipinski definition) is 3. The quantitative estimate of drug-likeness (QED) is 0.136. The zero-order chi connectivity index (χ0) is 30.0. The first-order valence-corrected chi connectivity index (χ1v) is 15.5. The van der Waals surface area contributed by atoms with Crippen LogP contribution < -0.4 is 15.4 Å². The number of aromatic amines is 1. The van der Waals surface area contributed by atoms with Gasteiger partial charge in [0.1, 0.15) is 12.4 Å². The second-order valence-corrected chi connectivity index (χ2v) is 11.9. The standard InChI is InChI=1S/C34H33ClN6O3/c35-25-18-24(26-14-15-28(39-26)27-8-4-16-36-27)33(44-20-21-6-2-1-3-7-21)32(41(42)43)31(25)23-12-10-22(11-13-23)30-19-38-34(40-30)29-9-5-17-37-29/h1-3,6-7,10-14,18-19,27,29,36-37H,4-5,8-9,15-17,20H2,(H,38,40)/t27-,29-/m0/s1. The van der Waals surface area contributed by atoms with E-state index < -0.39 is 4.92 Å². The molecule has 44 heavy (non-hydrogen) atoms. The molecule has 9 nitrogen and oxygen atoms in total. The molecule has 0 spiro atoms. The minimum atomic E-state index is -0.395. The highest BCUT2D eigenvalue weighted by atomic mass is 35.5. The number of H-pyrrole nitrogens is 1. The Kier molecular flexibility index (Phi) is 7.99. The Morgan fingerprint density at radius 2 is 1.70 bits per heavy atom. The summed E-state index contributed by atoms with van der Waals surface area (Å²) >= 11 is 6.91. The van der Waals surface area contributed by atoms with Gasteiger partial charge in [-0.2, -0.15) is 0 Å². The van der Waals surface area contributed by atoms with Crippen LogP contribution in [0.5, 0.6) is 5.75 Å². The van der Waals surface area contributed by atoms with Gasteiger partial charge in [-0.1, -0.05) is 72.3 Å². The molecular formula is C34H33ClN6O3. The van der Waals surface area contributed by atoms with Crippen molar-refractivity contribution in [2.24, 2.45) is 4.99 Å². The number of halogens is 1. The van der Waals surface area contributed by atoms with Gasteiger partial charge in [-0.3, -0.25) is 15.1 Å². The lowest BCUT2D eigenvalue weighted by molar-refractivity contribution is -0.385. The average molecular weight is 609 g/mol. The van der Waals surface area contributed by atoms with E-state index in [0.29, 0.717) is 28.8 Å². The molecule has 0 radical (unpaired) electrons. The molecule has 2 saturated heterocycles. The van der Waals surface area contributed by atoms with Gasteiger partial charge in [-0.05, 0) is 61.5 Å². The third-order valence-corrected chi connectivity index (χ3v) is 8.89. The van der Waals surface area contributed by atoms with Crippen molar-refractivity contribution in [3.63, 3.8) is 0 Å². The zero-order valence-electron chi connectivity index (χ0n) is 24.2. The van der Waals surface area contributed by atoms with Crippen molar-refractivity contribution in [1.82, 2.24) is 20.6 Å². The molecule has 224 valence electrons. The van der Waals surface area contributed by atoms with Crippen molar-refractivity contribution in [2.45, 2.75) is 50.8 Å². The van der Waals surface area contributed by atoms with Gasteiger partial charge in [0.05, 0.1) is 44.7 Å². The minimum Gasteiger partial charge on any atom is -0.481 e. The lowest BCUT2D eigenvalue weighted by Gasteiger charge is -2.16. The van der Waals surface area contributed by atoms with Crippen LogP contribution in [0.3, 0.4) is 0 Å². The van der Waals surface area contributed by atoms with Gasteiger partial charge < -0.3 is 20.4 Å². The maximum absolute atomic E-state index is 12.8. The van der Waals surface area contributed by atoms with E-state index in [1.165, 1.54) is 0 Å². The normalized spacial score (nSPS) is 19.7. The lowest BCUT2D eigenvalue weighted by atomic mass is 9.97. The molecule has 7 rings (SSSR count). The van der Waals surface area contributed by atoms with Gasteiger partial charge in [0.15, 0.2) is 0 Å². The van der Waals surface area contributed by atoms with Crippen LogP contribution in [0, 0.1) is 10.1 Å². The summed E-state index contributed by atoms with van der Waals surface area (Å²) in [5.74, 6) is 1.09. The van der Waals surface area contributed by atoms with Crippen LogP contribution in [0.15, 0.2) is 77.9 Å². The van der Waals surface area contributed by atoms with Crippen molar-refractivity contribution in [1.29, 1.82) is 0 Å². The lowest BCUT2D eigenvalue weighted by Crippen LogP contribution is -2.29. The predicted molar refractivity (Wildman–Crippen MR) is 173 cm³/mol. The fourth-order valence-corrected chi connectivity index (χ4v) is 6.64. The molecule has 2 atom stereocenters. The van der Waals surface area contributed by atoms with Crippen LogP contribution in [0.2, 0.25) is 5.02 Å². The highest BCUT2D eigenvalue weighted by Gasteiger charge is 2.32.